The average Bonchev–Trinajstić information content (AvgIpc) is 2.74. The van der Waals surface area contributed by atoms with Crippen molar-refractivity contribution in [2.24, 2.45) is 0 Å². The highest BCUT2D eigenvalue weighted by Crippen LogP contribution is 2.39. The number of hydrogen-bond acceptors (Lipinski definition) is 0. The van der Waals surface area contributed by atoms with Crippen molar-refractivity contribution in [2.75, 3.05) is 0 Å². The summed E-state index contributed by atoms with van der Waals surface area (Å²) in [6, 6.07) is 11.0. The van der Waals surface area contributed by atoms with Gasteiger partial charge in [0.1, 0.15) is 0 Å². The molecule has 0 aromatic heterocycles. The van der Waals surface area contributed by atoms with Crippen molar-refractivity contribution >= 4 is 32.3 Å². The maximum atomic E-state index is 3.78. The van der Waals surface area contributed by atoms with Gasteiger partial charge >= 0.3 is 0 Å². The molecule has 1 aliphatic rings. The zero-order valence-electron chi connectivity index (χ0n) is 9.96. The topological polar surface area (TPSA) is 0 Å². The minimum Gasteiger partial charge on any atom is -0.0762 e. The molecule has 2 aromatic carbocycles. The summed E-state index contributed by atoms with van der Waals surface area (Å²) >= 11 is 3.78. The van der Waals surface area contributed by atoms with Crippen LogP contribution < -0.4 is 0 Å². The summed E-state index contributed by atoms with van der Waals surface area (Å²) in [4.78, 5) is 0. The molecule has 2 aromatic rings. The molecule has 0 bridgehead atoms. The first-order valence-corrected chi connectivity index (χ1v) is 7.00. The van der Waals surface area contributed by atoms with Gasteiger partial charge in [0.25, 0.3) is 0 Å². The minimum atomic E-state index is 1.08. The van der Waals surface area contributed by atoms with Crippen LogP contribution >= 0.6 is 15.9 Å². The summed E-state index contributed by atoms with van der Waals surface area (Å²) in [7, 11) is 0. The molecule has 0 fully saturated rings. The lowest BCUT2D eigenvalue weighted by atomic mass is 9.98. The first-order valence-electron chi connectivity index (χ1n) is 6.20. The van der Waals surface area contributed by atoms with E-state index in [-0.39, 0.29) is 0 Å². The van der Waals surface area contributed by atoms with Crippen molar-refractivity contribution in [3.8, 4) is 0 Å². The molecule has 86 valence electrons. The molecule has 0 saturated heterocycles. The lowest BCUT2D eigenvalue weighted by Crippen LogP contribution is -1.89. The van der Waals surface area contributed by atoms with Crippen molar-refractivity contribution in [3.63, 3.8) is 0 Å². The van der Waals surface area contributed by atoms with E-state index in [1.165, 1.54) is 44.8 Å². The number of rotatable bonds is 2. The van der Waals surface area contributed by atoms with Crippen LogP contribution in [0.3, 0.4) is 0 Å². The van der Waals surface area contributed by atoms with Crippen molar-refractivity contribution < 1.29 is 0 Å². The number of fused-ring (bicyclic) bond motifs is 2. The van der Waals surface area contributed by atoms with Gasteiger partial charge in [-0.3, -0.25) is 0 Å². The Labute approximate surface area is 110 Å². The van der Waals surface area contributed by atoms with Crippen LogP contribution in [0.4, 0.5) is 0 Å². The summed E-state index contributed by atoms with van der Waals surface area (Å²) in [6.07, 6.45) is 5.88. The Morgan fingerprint density at radius 1 is 1.24 bits per heavy atom. The van der Waals surface area contributed by atoms with Gasteiger partial charge in [-0.05, 0) is 62.3 Å². The average molecular weight is 287 g/mol. The van der Waals surface area contributed by atoms with Crippen LogP contribution in [0.5, 0.6) is 0 Å². The molecule has 0 spiro atoms. The molecule has 0 aliphatic heterocycles. The Morgan fingerprint density at radius 3 is 2.88 bits per heavy atom. The standard InChI is InChI=1S/C16H15Br/c1-2-5-11-8-9-14-15(11)10-12-6-3-4-7-13(12)16(14)17/h3-4,6-8,10H,2,5,9H2,1H3. The summed E-state index contributed by atoms with van der Waals surface area (Å²) in [5.41, 5.74) is 4.44. The van der Waals surface area contributed by atoms with Crippen molar-refractivity contribution in [2.45, 2.75) is 26.2 Å². The van der Waals surface area contributed by atoms with Crippen LogP contribution in [0.1, 0.15) is 30.9 Å². The SMILES string of the molecule is CCCC1=CCc2c1cc1ccccc1c2Br. The molecule has 0 unspecified atom stereocenters. The second-order valence-electron chi connectivity index (χ2n) is 4.62. The summed E-state index contributed by atoms with van der Waals surface area (Å²) < 4.78 is 1.29. The van der Waals surface area contributed by atoms with Gasteiger partial charge in [-0.25, -0.2) is 0 Å². The third kappa shape index (κ3) is 1.73. The van der Waals surface area contributed by atoms with Gasteiger partial charge in [-0.1, -0.05) is 43.7 Å². The molecule has 1 heteroatoms. The Morgan fingerprint density at radius 2 is 2.06 bits per heavy atom. The quantitative estimate of drug-likeness (QED) is 0.699. The molecule has 0 saturated carbocycles. The van der Waals surface area contributed by atoms with Gasteiger partial charge in [0.15, 0.2) is 0 Å². The molecule has 17 heavy (non-hydrogen) atoms. The van der Waals surface area contributed by atoms with Crippen LogP contribution in [0, 0.1) is 0 Å². The Bertz CT molecular complexity index is 608. The normalized spacial score (nSPS) is 13.9. The molecule has 0 nitrogen and oxygen atoms in total. The van der Waals surface area contributed by atoms with E-state index >= 15 is 0 Å². The van der Waals surface area contributed by atoms with Crippen molar-refractivity contribution in [1.82, 2.24) is 0 Å². The van der Waals surface area contributed by atoms with Crippen LogP contribution in [0.15, 0.2) is 40.9 Å². The van der Waals surface area contributed by atoms with Gasteiger partial charge in [-0.15, -0.1) is 0 Å². The highest BCUT2D eigenvalue weighted by Gasteiger charge is 2.17. The summed E-state index contributed by atoms with van der Waals surface area (Å²) in [5, 5.41) is 2.67. The molecule has 0 radical (unpaired) electrons. The number of allylic oxidation sites excluding steroid dienone is 2. The number of halogens is 1. The predicted molar refractivity (Wildman–Crippen MR) is 78.2 cm³/mol. The molecule has 1 aliphatic carbocycles. The lowest BCUT2D eigenvalue weighted by molar-refractivity contribution is 0.975. The monoisotopic (exact) mass is 286 g/mol. The van der Waals surface area contributed by atoms with Crippen LogP contribution in [0.2, 0.25) is 0 Å². The highest BCUT2D eigenvalue weighted by molar-refractivity contribution is 9.10. The summed E-state index contributed by atoms with van der Waals surface area (Å²) in [5.74, 6) is 0. The van der Waals surface area contributed by atoms with E-state index in [0.29, 0.717) is 0 Å². The number of hydrogen-bond donors (Lipinski definition) is 0. The molecular formula is C16H15Br. The van der Waals surface area contributed by atoms with Crippen molar-refractivity contribution in [1.29, 1.82) is 0 Å². The fourth-order valence-corrected chi connectivity index (χ4v) is 3.41. The minimum absolute atomic E-state index is 1.08. The summed E-state index contributed by atoms with van der Waals surface area (Å²) in [6.45, 7) is 2.24. The van der Waals surface area contributed by atoms with Crippen LogP contribution in [-0.4, -0.2) is 0 Å². The van der Waals surface area contributed by atoms with Gasteiger partial charge in [0.05, 0.1) is 0 Å². The largest absolute Gasteiger partial charge is 0.0762 e. The van der Waals surface area contributed by atoms with Gasteiger partial charge in [-0.2, -0.15) is 0 Å². The van der Waals surface area contributed by atoms with E-state index < -0.39 is 0 Å². The fourth-order valence-electron chi connectivity index (χ4n) is 2.67. The maximum Gasteiger partial charge on any atom is 0.0294 e. The molecular weight excluding hydrogens is 272 g/mol. The first-order chi connectivity index (χ1) is 8.31. The van der Waals surface area contributed by atoms with Crippen LogP contribution in [0.25, 0.3) is 16.3 Å². The van der Waals surface area contributed by atoms with Gasteiger partial charge in [0, 0.05) is 4.47 Å². The number of benzene rings is 2. The Kier molecular flexibility index (Phi) is 2.79. The third-order valence-corrected chi connectivity index (χ3v) is 4.41. The molecule has 0 heterocycles. The van der Waals surface area contributed by atoms with Crippen LogP contribution in [-0.2, 0) is 6.42 Å². The lowest BCUT2D eigenvalue weighted by Gasteiger charge is -2.10. The predicted octanol–water partition coefficient (Wildman–Crippen LogP) is 5.34. The molecule has 0 atom stereocenters. The molecule has 0 amide bonds. The van der Waals surface area contributed by atoms with E-state index in [1.54, 1.807) is 0 Å². The van der Waals surface area contributed by atoms with Gasteiger partial charge < -0.3 is 0 Å². The van der Waals surface area contributed by atoms with E-state index in [4.69, 9.17) is 0 Å². The highest BCUT2D eigenvalue weighted by atomic mass is 79.9. The third-order valence-electron chi connectivity index (χ3n) is 3.51. The van der Waals surface area contributed by atoms with E-state index in [0.717, 1.165) is 6.42 Å². The zero-order chi connectivity index (χ0) is 11.8. The molecule has 0 N–H and O–H groups in total. The second-order valence-corrected chi connectivity index (χ2v) is 5.41. The molecule has 3 rings (SSSR count). The van der Waals surface area contributed by atoms with E-state index in [9.17, 15) is 0 Å². The second kappa shape index (κ2) is 4.30. The van der Waals surface area contributed by atoms with Crippen molar-refractivity contribution in [3.05, 3.63) is 52.0 Å². The van der Waals surface area contributed by atoms with E-state index in [2.05, 4.69) is 59.3 Å². The Balaban J connectivity index is 2.24. The zero-order valence-corrected chi connectivity index (χ0v) is 11.5. The van der Waals surface area contributed by atoms with Gasteiger partial charge in [0.2, 0.25) is 0 Å². The van der Waals surface area contributed by atoms with E-state index in [1.807, 2.05) is 0 Å². The fraction of sp³-hybridized carbons (Fsp3) is 0.250. The first kappa shape index (κ1) is 11.0. The Hall–Kier alpha value is -1.08. The maximum absolute atomic E-state index is 3.78. The smallest absolute Gasteiger partial charge is 0.0294 e.